The van der Waals surface area contributed by atoms with E-state index in [1.807, 2.05) is 6.07 Å². The van der Waals surface area contributed by atoms with E-state index in [2.05, 4.69) is 233 Å². The van der Waals surface area contributed by atoms with Gasteiger partial charge in [0, 0.05) is 59.8 Å². The van der Waals surface area contributed by atoms with Crippen LogP contribution in [0, 0.1) is 18.1 Å². The number of nitrogens with zero attached hydrogens (tertiary/aromatic N) is 4. The van der Waals surface area contributed by atoms with Gasteiger partial charge < -0.3 is 14.0 Å². The Labute approximate surface area is 476 Å². The zero-order valence-corrected chi connectivity index (χ0v) is 49.7. The zero-order chi connectivity index (χ0) is 52.8. The third-order valence-electron chi connectivity index (χ3n) is 16.8. The van der Waals surface area contributed by atoms with E-state index < -0.39 is 8.07 Å². The van der Waals surface area contributed by atoms with Gasteiger partial charge in [-0.05, 0) is 87.5 Å². The summed E-state index contributed by atoms with van der Waals surface area (Å²) in [5.41, 5.74) is 15.8. The number of rotatable bonds is 9. The van der Waals surface area contributed by atoms with Gasteiger partial charge in [0.25, 0.3) is 0 Å². The SMILES string of the molecule is CC(c1ccc2c(n1)oc1c(-c3nc4ccc5ccccc5c4n3-c3c(-c4ccccc4)cc(C(C)(C)C)cc3-c3ccccc3)[c-]ccc12)C1CCCC1.C[Si](C)(C)c1ccc(-c2[c-]cc(C3CCCCC3)cc2)nc1.[Ir]. The van der Waals surface area contributed by atoms with Crippen LogP contribution in [0.5, 0.6) is 0 Å². The standard InChI is InChI=1S/C51H44N3O.C20H26NSi.Ir/c1-32(33-16-11-12-17-33)44-29-27-40-39-24-15-25-41(48(39)55-50(40)53-44)49-52-45-28-26-36-22-13-14-23-38(36)47(45)54(49)46-42(34-18-7-5-8-19-34)30-37(51(2,3)4)31-43(46)35-20-9-6-10-21-35;1-22(2,3)19-13-14-20(21-15-19)18-11-9-17(10-12-18)16-7-5-4-6-8-16;/h5-10,13-15,18-24,26-33H,11-12,16-17H2,1-4H3;9-11,13-16H,4-8H2,1-3H3;/q2*-1;. The molecule has 4 aromatic heterocycles. The average molecular weight is 1220 g/mol. The molecule has 0 saturated heterocycles. The number of imidazole rings is 1. The quantitative estimate of drug-likeness (QED) is 0.107. The van der Waals surface area contributed by atoms with E-state index in [0.717, 1.165) is 100 Å². The van der Waals surface area contributed by atoms with Crippen LogP contribution < -0.4 is 5.19 Å². The molecule has 1 radical (unpaired) electrons. The fourth-order valence-corrected chi connectivity index (χ4v) is 13.3. The first-order valence-electron chi connectivity index (χ1n) is 28.3. The van der Waals surface area contributed by atoms with E-state index >= 15 is 0 Å². The smallest absolute Gasteiger partial charge is 0.216 e. The van der Waals surface area contributed by atoms with Crippen molar-refractivity contribution < 1.29 is 24.5 Å². The maximum absolute atomic E-state index is 6.86. The van der Waals surface area contributed by atoms with Crippen molar-refractivity contribution in [1.82, 2.24) is 19.5 Å². The molecule has 1 atom stereocenters. The number of furan rings is 1. The minimum absolute atomic E-state index is 0. The molecule has 0 amide bonds. The van der Waals surface area contributed by atoms with Crippen LogP contribution in [-0.2, 0) is 25.5 Å². The van der Waals surface area contributed by atoms with Crippen molar-refractivity contribution in [1.29, 1.82) is 0 Å². The van der Waals surface area contributed by atoms with Crippen molar-refractivity contribution in [2.45, 2.75) is 122 Å². The molecule has 11 aromatic rings. The summed E-state index contributed by atoms with van der Waals surface area (Å²) in [4.78, 5) is 15.4. The van der Waals surface area contributed by atoms with Gasteiger partial charge in [0.2, 0.25) is 5.71 Å². The van der Waals surface area contributed by atoms with Gasteiger partial charge in [-0.1, -0.05) is 212 Å². The molecule has 2 aliphatic carbocycles. The second-order valence-corrected chi connectivity index (χ2v) is 29.1. The van der Waals surface area contributed by atoms with Crippen molar-refractivity contribution >= 4 is 57.1 Å². The van der Waals surface area contributed by atoms with Crippen LogP contribution in [0.2, 0.25) is 19.6 Å². The minimum atomic E-state index is -1.26. The van der Waals surface area contributed by atoms with Gasteiger partial charge in [0.1, 0.15) is 0 Å². The number of pyridine rings is 2. The molecule has 7 heteroatoms. The van der Waals surface area contributed by atoms with E-state index in [1.165, 1.54) is 74.1 Å². The summed E-state index contributed by atoms with van der Waals surface area (Å²) < 4.78 is 9.26. The van der Waals surface area contributed by atoms with Gasteiger partial charge in [-0.2, -0.15) is 0 Å². The molecule has 0 aliphatic heterocycles. The van der Waals surface area contributed by atoms with Crippen LogP contribution >= 0.6 is 0 Å². The van der Waals surface area contributed by atoms with Gasteiger partial charge in [-0.25, -0.2) is 4.98 Å². The first-order chi connectivity index (χ1) is 37.4. The summed E-state index contributed by atoms with van der Waals surface area (Å²) in [6.07, 6.45) is 14.1. The summed E-state index contributed by atoms with van der Waals surface area (Å²) in [6.45, 7) is 16.3. The Balaban J connectivity index is 0.000000235. The van der Waals surface area contributed by atoms with Gasteiger partial charge >= 0.3 is 0 Å². The van der Waals surface area contributed by atoms with Gasteiger partial charge in [-0.3, -0.25) is 4.98 Å². The maximum Gasteiger partial charge on any atom is 0.216 e. The molecule has 7 aromatic carbocycles. The van der Waals surface area contributed by atoms with Crippen LogP contribution in [0.25, 0.3) is 94.5 Å². The van der Waals surface area contributed by atoms with Crippen LogP contribution in [-0.4, -0.2) is 27.6 Å². The first kappa shape index (κ1) is 53.3. The topological polar surface area (TPSA) is 56.7 Å². The second-order valence-electron chi connectivity index (χ2n) is 24.0. The number of aromatic nitrogens is 4. The Hall–Kier alpha value is -6.76. The van der Waals surface area contributed by atoms with Crippen LogP contribution in [0.1, 0.15) is 114 Å². The fraction of sp³-hybridized carbons (Fsp3) is 0.282. The van der Waals surface area contributed by atoms with E-state index in [0.29, 0.717) is 17.5 Å². The van der Waals surface area contributed by atoms with E-state index in [4.69, 9.17) is 14.4 Å². The minimum Gasteiger partial charge on any atom is -0.486 e. The molecule has 2 aliphatic rings. The summed E-state index contributed by atoms with van der Waals surface area (Å²) in [5.74, 6) is 2.61. The Morgan fingerprint density at radius 2 is 1.33 bits per heavy atom. The number of hydrogen-bond donors (Lipinski definition) is 0. The molecular weight excluding hydrogens is 1150 g/mol. The van der Waals surface area contributed by atoms with Gasteiger partial charge in [0.15, 0.2) is 0 Å². The molecule has 0 spiro atoms. The predicted molar refractivity (Wildman–Crippen MR) is 325 cm³/mol. The molecule has 78 heavy (non-hydrogen) atoms. The first-order valence-corrected chi connectivity index (χ1v) is 31.8. The third-order valence-corrected chi connectivity index (χ3v) is 18.9. The van der Waals surface area contributed by atoms with Crippen molar-refractivity contribution in [2.75, 3.05) is 0 Å². The summed E-state index contributed by atoms with van der Waals surface area (Å²) in [6, 6.07) is 66.1. The Morgan fingerprint density at radius 3 is 1.97 bits per heavy atom. The zero-order valence-electron chi connectivity index (χ0n) is 46.3. The Kier molecular flexibility index (Phi) is 15.1. The summed E-state index contributed by atoms with van der Waals surface area (Å²) in [5, 5.41) is 5.76. The monoisotopic (exact) mass is 1220 g/mol. The summed E-state index contributed by atoms with van der Waals surface area (Å²) in [7, 11) is -1.26. The normalized spacial score (nSPS) is 14.9. The molecule has 13 rings (SSSR count). The van der Waals surface area contributed by atoms with Crippen molar-refractivity contribution in [3.8, 4) is 50.6 Å². The second kappa shape index (κ2) is 22.2. The predicted octanol–water partition coefficient (Wildman–Crippen LogP) is 19.0. The van der Waals surface area contributed by atoms with Crippen LogP contribution in [0.3, 0.4) is 0 Å². The van der Waals surface area contributed by atoms with Crippen molar-refractivity contribution in [3.05, 3.63) is 199 Å². The molecular formula is C71H70IrN4OSi-2. The molecule has 0 N–H and O–H groups in total. The average Bonchev–Trinajstić information content (AvgIpc) is 4.37. The molecule has 0 bridgehead atoms. The third kappa shape index (κ3) is 10.5. The van der Waals surface area contributed by atoms with Crippen LogP contribution in [0.15, 0.2) is 174 Å². The van der Waals surface area contributed by atoms with E-state index in [9.17, 15) is 0 Å². The Morgan fingerprint density at radius 1 is 0.654 bits per heavy atom. The summed E-state index contributed by atoms with van der Waals surface area (Å²) >= 11 is 0. The van der Waals surface area contributed by atoms with Gasteiger partial charge in [0.05, 0.1) is 36.2 Å². The molecule has 2 saturated carbocycles. The molecule has 4 heterocycles. The Bertz CT molecular complexity index is 3810. The van der Waals surface area contributed by atoms with Crippen molar-refractivity contribution in [3.63, 3.8) is 0 Å². The van der Waals surface area contributed by atoms with Crippen LogP contribution in [0.4, 0.5) is 0 Å². The number of benzene rings is 7. The van der Waals surface area contributed by atoms with Gasteiger partial charge in [-0.15, -0.1) is 53.6 Å². The molecule has 1 unspecified atom stereocenters. The fourth-order valence-electron chi connectivity index (χ4n) is 12.2. The number of hydrogen-bond acceptors (Lipinski definition) is 4. The number of fused-ring (bicyclic) bond motifs is 6. The molecule has 395 valence electrons. The largest absolute Gasteiger partial charge is 0.486 e. The van der Waals surface area contributed by atoms with Crippen molar-refractivity contribution in [2.24, 2.45) is 5.92 Å². The maximum atomic E-state index is 6.86. The van der Waals surface area contributed by atoms with E-state index in [-0.39, 0.29) is 25.5 Å². The molecule has 2 fully saturated rings. The van der Waals surface area contributed by atoms with E-state index in [1.54, 1.807) is 0 Å². The molecule has 5 nitrogen and oxygen atoms in total.